The Morgan fingerprint density at radius 2 is 1.79 bits per heavy atom. The standard InChI is InChI=1S/C11H16N2O/c1-4-13(12(2)3)11(14)10-8-6-5-7-9-10/h5-9H,4H2,1-3H3. The van der Waals surface area contributed by atoms with Crippen LogP contribution in [0.1, 0.15) is 17.3 Å². The number of amides is 1. The first-order chi connectivity index (χ1) is 6.66. The molecule has 0 saturated heterocycles. The van der Waals surface area contributed by atoms with E-state index in [9.17, 15) is 4.79 Å². The fourth-order valence-corrected chi connectivity index (χ4v) is 1.34. The largest absolute Gasteiger partial charge is 0.272 e. The molecule has 1 aromatic rings. The summed E-state index contributed by atoms with van der Waals surface area (Å²) in [7, 11) is 3.73. The highest BCUT2D eigenvalue weighted by Gasteiger charge is 2.14. The molecule has 76 valence electrons. The maximum Gasteiger partial charge on any atom is 0.268 e. The van der Waals surface area contributed by atoms with Crippen LogP contribution in [-0.2, 0) is 0 Å². The lowest BCUT2D eigenvalue weighted by molar-refractivity contribution is 0.0230. The van der Waals surface area contributed by atoms with Crippen LogP contribution >= 0.6 is 0 Å². The Morgan fingerprint density at radius 3 is 2.21 bits per heavy atom. The summed E-state index contributed by atoms with van der Waals surface area (Å²) in [4.78, 5) is 11.9. The summed E-state index contributed by atoms with van der Waals surface area (Å²) in [6.07, 6.45) is 0. The van der Waals surface area contributed by atoms with Gasteiger partial charge >= 0.3 is 0 Å². The third-order valence-electron chi connectivity index (χ3n) is 2.04. The molecule has 0 aliphatic heterocycles. The fourth-order valence-electron chi connectivity index (χ4n) is 1.34. The molecule has 1 aromatic carbocycles. The third kappa shape index (κ3) is 2.33. The number of hydrogen-bond acceptors (Lipinski definition) is 2. The van der Waals surface area contributed by atoms with Gasteiger partial charge in [0, 0.05) is 26.2 Å². The highest BCUT2D eigenvalue weighted by Crippen LogP contribution is 2.04. The van der Waals surface area contributed by atoms with Gasteiger partial charge in [0.25, 0.3) is 5.91 Å². The second-order valence-corrected chi connectivity index (χ2v) is 3.23. The monoisotopic (exact) mass is 192 g/mol. The Hall–Kier alpha value is -1.35. The van der Waals surface area contributed by atoms with Gasteiger partial charge in [0.05, 0.1) is 0 Å². The Bertz CT molecular complexity index is 295. The molecule has 0 atom stereocenters. The van der Waals surface area contributed by atoms with Gasteiger partial charge < -0.3 is 0 Å². The molecule has 3 heteroatoms. The predicted molar refractivity (Wildman–Crippen MR) is 56.8 cm³/mol. The molecule has 14 heavy (non-hydrogen) atoms. The smallest absolute Gasteiger partial charge is 0.268 e. The lowest BCUT2D eigenvalue weighted by Gasteiger charge is -2.27. The van der Waals surface area contributed by atoms with E-state index < -0.39 is 0 Å². The molecule has 0 saturated carbocycles. The number of nitrogens with zero attached hydrogens (tertiary/aromatic N) is 2. The Morgan fingerprint density at radius 1 is 1.21 bits per heavy atom. The topological polar surface area (TPSA) is 23.6 Å². The molecule has 0 unspecified atom stereocenters. The molecule has 0 aromatic heterocycles. The second kappa shape index (κ2) is 4.77. The van der Waals surface area contributed by atoms with Crippen molar-refractivity contribution in [1.82, 2.24) is 10.0 Å². The zero-order valence-electron chi connectivity index (χ0n) is 8.90. The SMILES string of the molecule is CCN(C(=O)c1ccccc1)N(C)C. The summed E-state index contributed by atoms with van der Waals surface area (Å²) in [5, 5.41) is 3.49. The average molecular weight is 192 g/mol. The van der Waals surface area contributed by atoms with Gasteiger partial charge in [-0.15, -0.1) is 0 Å². The highest BCUT2D eigenvalue weighted by atomic mass is 16.2. The molecule has 0 heterocycles. The van der Waals surface area contributed by atoms with Gasteiger partial charge in [0.15, 0.2) is 0 Å². The molecule has 3 nitrogen and oxygen atoms in total. The molecule has 0 aliphatic carbocycles. The molecule has 1 rings (SSSR count). The number of carbonyl (C=O) groups excluding carboxylic acids is 1. The number of hydrogen-bond donors (Lipinski definition) is 0. The van der Waals surface area contributed by atoms with Crippen molar-refractivity contribution in [2.24, 2.45) is 0 Å². The molecule has 0 N–H and O–H groups in total. The lowest BCUT2D eigenvalue weighted by Crippen LogP contribution is -2.41. The van der Waals surface area contributed by atoms with Crippen LogP contribution in [0.2, 0.25) is 0 Å². The van der Waals surface area contributed by atoms with E-state index in [1.165, 1.54) is 0 Å². The normalized spacial score (nSPS) is 10.3. The molecular weight excluding hydrogens is 176 g/mol. The maximum atomic E-state index is 11.9. The van der Waals surface area contributed by atoms with Crippen LogP contribution in [0, 0.1) is 0 Å². The van der Waals surface area contributed by atoms with E-state index in [1.807, 2.05) is 51.4 Å². The van der Waals surface area contributed by atoms with Crippen LogP contribution in [0.4, 0.5) is 0 Å². The number of rotatable bonds is 3. The van der Waals surface area contributed by atoms with E-state index in [0.717, 1.165) is 5.56 Å². The third-order valence-corrected chi connectivity index (χ3v) is 2.04. The van der Waals surface area contributed by atoms with Gasteiger partial charge in [0.2, 0.25) is 0 Å². The first-order valence-electron chi connectivity index (χ1n) is 4.71. The fraction of sp³-hybridized carbons (Fsp3) is 0.364. The zero-order chi connectivity index (χ0) is 10.6. The van der Waals surface area contributed by atoms with Crippen molar-refractivity contribution in [2.45, 2.75) is 6.92 Å². The number of carbonyl (C=O) groups is 1. The Balaban J connectivity index is 2.84. The van der Waals surface area contributed by atoms with Gasteiger partial charge in [-0.05, 0) is 19.1 Å². The van der Waals surface area contributed by atoms with E-state index in [2.05, 4.69) is 0 Å². The van der Waals surface area contributed by atoms with E-state index in [1.54, 1.807) is 10.0 Å². The zero-order valence-corrected chi connectivity index (χ0v) is 8.90. The first kappa shape index (κ1) is 10.7. The minimum absolute atomic E-state index is 0.0399. The van der Waals surface area contributed by atoms with Crippen molar-refractivity contribution in [2.75, 3.05) is 20.6 Å². The lowest BCUT2D eigenvalue weighted by atomic mass is 10.2. The van der Waals surface area contributed by atoms with Crippen molar-refractivity contribution in [1.29, 1.82) is 0 Å². The second-order valence-electron chi connectivity index (χ2n) is 3.23. The summed E-state index contributed by atoms with van der Waals surface area (Å²) < 4.78 is 0. The summed E-state index contributed by atoms with van der Waals surface area (Å²) in [5.41, 5.74) is 0.725. The van der Waals surface area contributed by atoms with Crippen LogP contribution in [0.5, 0.6) is 0 Å². The summed E-state index contributed by atoms with van der Waals surface area (Å²) in [5.74, 6) is 0.0399. The van der Waals surface area contributed by atoms with E-state index in [-0.39, 0.29) is 5.91 Å². The van der Waals surface area contributed by atoms with Crippen LogP contribution < -0.4 is 0 Å². The van der Waals surface area contributed by atoms with Gasteiger partial charge in [-0.25, -0.2) is 5.01 Å². The molecule has 0 spiro atoms. The van der Waals surface area contributed by atoms with Crippen molar-refractivity contribution < 1.29 is 4.79 Å². The molecule has 0 fully saturated rings. The first-order valence-corrected chi connectivity index (χ1v) is 4.71. The number of hydrazine groups is 1. The summed E-state index contributed by atoms with van der Waals surface area (Å²) in [6.45, 7) is 2.64. The molecular formula is C11H16N2O. The van der Waals surface area contributed by atoms with Crippen molar-refractivity contribution in [3.8, 4) is 0 Å². The minimum atomic E-state index is 0.0399. The molecule has 1 amide bonds. The van der Waals surface area contributed by atoms with E-state index >= 15 is 0 Å². The van der Waals surface area contributed by atoms with Gasteiger partial charge in [0.1, 0.15) is 0 Å². The van der Waals surface area contributed by atoms with Crippen molar-refractivity contribution in [3.63, 3.8) is 0 Å². The van der Waals surface area contributed by atoms with Crippen molar-refractivity contribution in [3.05, 3.63) is 35.9 Å². The van der Waals surface area contributed by atoms with Crippen LogP contribution in [-0.4, -0.2) is 36.6 Å². The summed E-state index contributed by atoms with van der Waals surface area (Å²) >= 11 is 0. The maximum absolute atomic E-state index is 11.9. The predicted octanol–water partition coefficient (Wildman–Crippen LogP) is 1.63. The minimum Gasteiger partial charge on any atom is -0.272 e. The highest BCUT2D eigenvalue weighted by molar-refractivity contribution is 5.93. The quantitative estimate of drug-likeness (QED) is 0.679. The van der Waals surface area contributed by atoms with Gasteiger partial charge in [-0.1, -0.05) is 18.2 Å². The average Bonchev–Trinajstić information content (AvgIpc) is 2.19. The number of benzene rings is 1. The van der Waals surface area contributed by atoms with Crippen LogP contribution in [0.3, 0.4) is 0 Å². The summed E-state index contributed by atoms with van der Waals surface area (Å²) in [6, 6.07) is 9.30. The molecule has 0 radical (unpaired) electrons. The molecule has 0 aliphatic rings. The van der Waals surface area contributed by atoms with Crippen LogP contribution in [0.15, 0.2) is 30.3 Å². The van der Waals surface area contributed by atoms with E-state index in [0.29, 0.717) is 6.54 Å². The van der Waals surface area contributed by atoms with Crippen molar-refractivity contribution >= 4 is 5.91 Å². The van der Waals surface area contributed by atoms with E-state index in [4.69, 9.17) is 0 Å². The Labute approximate surface area is 84.9 Å². The Kier molecular flexibility index (Phi) is 3.65. The van der Waals surface area contributed by atoms with Gasteiger partial charge in [-0.3, -0.25) is 9.80 Å². The molecule has 0 bridgehead atoms. The van der Waals surface area contributed by atoms with Gasteiger partial charge in [-0.2, -0.15) is 0 Å². The van der Waals surface area contributed by atoms with Crippen LogP contribution in [0.25, 0.3) is 0 Å².